The highest BCUT2D eigenvalue weighted by molar-refractivity contribution is 5.36. The van der Waals surface area contributed by atoms with E-state index in [9.17, 15) is 0 Å². The fourth-order valence-corrected chi connectivity index (χ4v) is 2.29. The summed E-state index contributed by atoms with van der Waals surface area (Å²) in [5.41, 5.74) is 6.01. The van der Waals surface area contributed by atoms with Crippen LogP contribution in [0.3, 0.4) is 0 Å². The third kappa shape index (κ3) is 3.45. The van der Waals surface area contributed by atoms with Crippen LogP contribution in [0.15, 0.2) is 18.2 Å². The maximum absolute atomic E-state index is 5.38. The summed E-state index contributed by atoms with van der Waals surface area (Å²) in [5.74, 6) is 0.972. The number of benzene rings is 1. The molecule has 0 aliphatic carbocycles. The Bertz CT molecular complexity index is 359. The van der Waals surface area contributed by atoms with Crippen LogP contribution in [-0.2, 0) is 6.54 Å². The zero-order chi connectivity index (χ0) is 12.1. The standard InChI is InChI=1S/C14H22N2O/c1-12-6-7-14(17-2)13(10-12)11-15-16-8-4-3-5-9-16/h6-7,10,15H,3-5,8-9,11H2,1-2H3. The second-order valence-electron chi connectivity index (χ2n) is 4.70. The summed E-state index contributed by atoms with van der Waals surface area (Å²) in [6.07, 6.45) is 3.97. The van der Waals surface area contributed by atoms with Gasteiger partial charge in [0.1, 0.15) is 5.75 Å². The van der Waals surface area contributed by atoms with Gasteiger partial charge in [-0.25, -0.2) is 5.01 Å². The van der Waals surface area contributed by atoms with E-state index in [0.717, 1.165) is 25.4 Å². The Labute approximate surface area is 104 Å². The molecule has 0 amide bonds. The number of hydrazine groups is 1. The van der Waals surface area contributed by atoms with Crippen LogP contribution in [0, 0.1) is 6.92 Å². The Morgan fingerprint density at radius 1 is 1.24 bits per heavy atom. The molecule has 17 heavy (non-hydrogen) atoms. The maximum atomic E-state index is 5.38. The third-order valence-electron chi connectivity index (χ3n) is 3.29. The van der Waals surface area contributed by atoms with Crippen LogP contribution in [0.25, 0.3) is 0 Å². The van der Waals surface area contributed by atoms with E-state index in [4.69, 9.17) is 4.74 Å². The zero-order valence-electron chi connectivity index (χ0n) is 10.8. The van der Waals surface area contributed by atoms with Crippen LogP contribution < -0.4 is 10.2 Å². The predicted octanol–water partition coefficient (Wildman–Crippen LogP) is 2.49. The van der Waals surface area contributed by atoms with Gasteiger partial charge in [0.2, 0.25) is 0 Å². The highest BCUT2D eigenvalue weighted by Gasteiger charge is 2.10. The molecule has 94 valence electrons. The molecule has 1 aromatic rings. The molecular formula is C14H22N2O. The first-order valence-corrected chi connectivity index (χ1v) is 6.41. The Kier molecular flexibility index (Phi) is 4.40. The molecule has 3 heteroatoms. The molecule has 1 N–H and O–H groups in total. The summed E-state index contributed by atoms with van der Waals surface area (Å²) in [6.45, 7) is 5.29. The van der Waals surface area contributed by atoms with E-state index in [1.807, 2.05) is 6.07 Å². The van der Waals surface area contributed by atoms with E-state index in [1.165, 1.54) is 30.4 Å². The number of hydrogen-bond acceptors (Lipinski definition) is 3. The lowest BCUT2D eigenvalue weighted by molar-refractivity contribution is 0.150. The minimum Gasteiger partial charge on any atom is -0.496 e. The Balaban J connectivity index is 1.95. The average Bonchev–Trinajstić information content (AvgIpc) is 2.38. The van der Waals surface area contributed by atoms with Crippen molar-refractivity contribution in [2.24, 2.45) is 0 Å². The fourth-order valence-electron chi connectivity index (χ4n) is 2.29. The molecule has 3 nitrogen and oxygen atoms in total. The first-order valence-electron chi connectivity index (χ1n) is 6.41. The smallest absolute Gasteiger partial charge is 0.123 e. The molecule has 1 aliphatic rings. The molecule has 1 saturated heterocycles. The molecule has 1 heterocycles. The zero-order valence-corrected chi connectivity index (χ0v) is 10.8. The molecule has 0 radical (unpaired) electrons. The molecule has 0 atom stereocenters. The van der Waals surface area contributed by atoms with Gasteiger partial charge in [-0.2, -0.15) is 0 Å². The number of rotatable bonds is 4. The van der Waals surface area contributed by atoms with Gasteiger partial charge >= 0.3 is 0 Å². The molecule has 0 saturated carbocycles. The number of methoxy groups -OCH3 is 1. The molecule has 1 aliphatic heterocycles. The fraction of sp³-hybridized carbons (Fsp3) is 0.571. The SMILES string of the molecule is COc1ccc(C)cc1CNN1CCCCC1. The van der Waals surface area contributed by atoms with Crippen LogP contribution in [0.1, 0.15) is 30.4 Å². The third-order valence-corrected chi connectivity index (χ3v) is 3.29. The molecular weight excluding hydrogens is 212 g/mol. The van der Waals surface area contributed by atoms with Gasteiger partial charge in [-0.3, -0.25) is 5.43 Å². The highest BCUT2D eigenvalue weighted by atomic mass is 16.5. The van der Waals surface area contributed by atoms with Crippen molar-refractivity contribution >= 4 is 0 Å². The number of ether oxygens (including phenoxy) is 1. The molecule has 1 fully saturated rings. The van der Waals surface area contributed by atoms with E-state index >= 15 is 0 Å². The van der Waals surface area contributed by atoms with Gasteiger partial charge in [-0.05, 0) is 25.8 Å². The monoisotopic (exact) mass is 234 g/mol. The normalized spacial score (nSPS) is 17.1. The summed E-state index contributed by atoms with van der Waals surface area (Å²) in [5, 5.41) is 2.32. The Hall–Kier alpha value is -1.06. The van der Waals surface area contributed by atoms with Gasteiger partial charge in [-0.1, -0.05) is 24.1 Å². The van der Waals surface area contributed by atoms with Crippen molar-refractivity contribution in [3.8, 4) is 5.75 Å². The minimum atomic E-state index is 0.852. The van der Waals surface area contributed by atoms with Crippen molar-refractivity contribution in [3.05, 3.63) is 29.3 Å². The van der Waals surface area contributed by atoms with Crippen molar-refractivity contribution in [2.45, 2.75) is 32.7 Å². The van der Waals surface area contributed by atoms with Crippen molar-refractivity contribution in [1.82, 2.24) is 10.4 Å². The van der Waals surface area contributed by atoms with E-state index in [-0.39, 0.29) is 0 Å². The lowest BCUT2D eigenvalue weighted by Crippen LogP contribution is -2.41. The Morgan fingerprint density at radius 3 is 2.71 bits per heavy atom. The van der Waals surface area contributed by atoms with Crippen molar-refractivity contribution in [2.75, 3.05) is 20.2 Å². The predicted molar refractivity (Wildman–Crippen MR) is 70.0 cm³/mol. The molecule has 0 bridgehead atoms. The molecule has 0 unspecified atom stereocenters. The van der Waals surface area contributed by atoms with Crippen molar-refractivity contribution in [3.63, 3.8) is 0 Å². The van der Waals surface area contributed by atoms with E-state index in [1.54, 1.807) is 7.11 Å². The lowest BCUT2D eigenvalue weighted by Gasteiger charge is -2.27. The van der Waals surface area contributed by atoms with Gasteiger partial charge in [0.15, 0.2) is 0 Å². The average molecular weight is 234 g/mol. The summed E-state index contributed by atoms with van der Waals surface area (Å²) < 4.78 is 5.38. The summed E-state index contributed by atoms with van der Waals surface area (Å²) in [6, 6.07) is 6.32. The van der Waals surface area contributed by atoms with Gasteiger partial charge in [0.25, 0.3) is 0 Å². The maximum Gasteiger partial charge on any atom is 0.123 e. The number of nitrogens with one attached hydrogen (secondary N) is 1. The number of piperidine rings is 1. The van der Waals surface area contributed by atoms with Crippen molar-refractivity contribution in [1.29, 1.82) is 0 Å². The van der Waals surface area contributed by atoms with Crippen LogP contribution in [-0.4, -0.2) is 25.2 Å². The van der Waals surface area contributed by atoms with Gasteiger partial charge in [-0.15, -0.1) is 0 Å². The quantitative estimate of drug-likeness (QED) is 0.866. The van der Waals surface area contributed by atoms with Gasteiger partial charge in [0.05, 0.1) is 7.11 Å². The summed E-state index contributed by atoms with van der Waals surface area (Å²) in [7, 11) is 1.73. The van der Waals surface area contributed by atoms with Gasteiger partial charge < -0.3 is 4.74 Å². The Morgan fingerprint density at radius 2 is 2.00 bits per heavy atom. The van der Waals surface area contributed by atoms with E-state index in [0.29, 0.717) is 0 Å². The summed E-state index contributed by atoms with van der Waals surface area (Å²) in [4.78, 5) is 0. The highest BCUT2D eigenvalue weighted by Crippen LogP contribution is 2.19. The topological polar surface area (TPSA) is 24.5 Å². The van der Waals surface area contributed by atoms with Crippen LogP contribution in [0.4, 0.5) is 0 Å². The van der Waals surface area contributed by atoms with Crippen LogP contribution in [0.5, 0.6) is 5.75 Å². The minimum absolute atomic E-state index is 0.852. The van der Waals surface area contributed by atoms with Crippen LogP contribution >= 0.6 is 0 Å². The molecule has 1 aromatic carbocycles. The summed E-state index contributed by atoms with van der Waals surface area (Å²) >= 11 is 0. The molecule has 2 rings (SSSR count). The second-order valence-corrected chi connectivity index (χ2v) is 4.70. The lowest BCUT2D eigenvalue weighted by atomic mass is 10.1. The molecule has 0 spiro atoms. The van der Waals surface area contributed by atoms with E-state index in [2.05, 4.69) is 29.5 Å². The largest absolute Gasteiger partial charge is 0.496 e. The first kappa shape index (κ1) is 12.4. The first-order chi connectivity index (χ1) is 8.29. The van der Waals surface area contributed by atoms with E-state index < -0.39 is 0 Å². The molecule has 0 aromatic heterocycles. The number of aryl methyl sites for hydroxylation is 1. The number of hydrogen-bond donors (Lipinski definition) is 1. The van der Waals surface area contributed by atoms with Crippen LogP contribution in [0.2, 0.25) is 0 Å². The second kappa shape index (κ2) is 6.03. The van der Waals surface area contributed by atoms with Gasteiger partial charge in [0, 0.05) is 25.2 Å². The van der Waals surface area contributed by atoms with Crippen molar-refractivity contribution < 1.29 is 4.74 Å². The number of nitrogens with zero attached hydrogens (tertiary/aromatic N) is 1.